The number of aliphatic hydroxyl groups excluding tert-OH is 2. The lowest BCUT2D eigenvalue weighted by atomic mass is 10.0. The molecule has 3 N–H and O–H groups in total. The second-order valence-electron chi connectivity index (χ2n) is 19.3. The van der Waals surface area contributed by atoms with E-state index in [2.05, 4.69) is 43.5 Å². The number of carbonyl (C=O) groups is 1. The zero-order valence-corrected chi connectivity index (χ0v) is 42.2. The van der Waals surface area contributed by atoms with Crippen molar-refractivity contribution in [3.63, 3.8) is 0 Å². The Kier molecular flexibility index (Phi) is 52.7. The summed E-state index contributed by atoms with van der Waals surface area (Å²) < 4.78 is 0. The lowest BCUT2D eigenvalue weighted by molar-refractivity contribution is -0.123. The number of rotatable bonds is 52. The Balaban J connectivity index is 3.52. The van der Waals surface area contributed by atoms with Crippen molar-refractivity contribution in [2.45, 2.75) is 321 Å². The quantitative estimate of drug-likeness (QED) is 0.0421. The van der Waals surface area contributed by atoms with Gasteiger partial charge in [0, 0.05) is 6.42 Å². The molecule has 0 saturated heterocycles. The van der Waals surface area contributed by atoms with Crippen LogP contribution < -0.4 is 5.32 Å². The van der Waals surface area contributed by atoms with Crippen LogP contribution in [0.3, 0.4) is 0 Å². The summed E-state index contributed by atoms with van der Waals surface area (Å²) in [7, 11) is 0. The summed E-state index contributed by atoms with van der Waals surface area (Å²) in [5.74, 6) is -0.0718. The minimum atomic E-state index is -0.869. The average molecular weight is 871 g/mol. The van der Waals surface area contributed by atoms with E-state index in [9.17, 15) is 15.0 Å². The van der Waals surface area contributed by atoms with Crippen molar-refractivity contribution < 1.29 is 15.0 Å². The second kappa shape index (κ2) is 53.9. The van der Waals surface area contributed by atoms with Crippen LogP contribution in [0.5, 0.6) is 0 Å². The van der Waals surface area contributed by atoms with Gasteiger partial charge in [-0.05, 0) is 44.9 Å². The van der Waals surface area contributed by atoms with E-state index in [-0.39, 0.29) is 12.5 Å². The number of hydrogen-bond acceptors (Lipinski definition) is 3. The third-order valence-corrected chi connectivity index (χ3v) is 13.1. The van der Waals surface area contributed by atoms with Crippen LogP contribution in [0.25, 0.3) is 0 Å². The Morgan fingerprint density at radius 1 is 0.371 bits per heavy atom. The number of nitrogens with one attached hydrogen (secondary N) is 1. The fraction of sp³-hybridized carbons (Fsp3) is 0.879. The number of amides is 1. The molecule has 0 radical (unpaired) electrons. The smallest absolute Gasteiger partial charge is 0.220 e. The summed E-state index contributed by atoms with van der Waals surface area (Å²) in [6, 6.07) is -0.644. The van der Waals surface area contributed by atoms with Gasteiger partial charge in [0.05, 0.1) is 18.8 Å². The van der Waals surface area contributed by atoms with E-state index in [1.54, 1.807) is 6.08 Å². The standard InChI is InChI=1S/C58H111NO3/c1-3-5-7-9-11-13-15-17-19-21-23-25-27-29-30-32-34-36-38-40-42-44-46-48-50-52-54-58(62)59-56(55-60)57(61)53-51-49-47-45-43-41-39-37-35-33-31-28-26-24-22-20-18-16-14-12-10-8-6-4-2/h35,37,43,45,51,53,56-57,60-61H,3-34,36,38-42,44,46-50,52,54-55H2,1-2H3,(H,59,62)/b37-35+,45-43+,53-51+. The molecule has 0 rings (SSSR count). The zero-order chi connectivity index (χ0) is 44.9. The van der Waals surface area contributed by atoms with E-state index in [0.29, 0.717) is 6.42 Å². The van der Waals surface area contributed by atoms with Gasteiger partial charge in [-0.15, -0.1) is 0 Å². The van der Waals surface area contributed by atoms with E-state index < -0.39 is 12.1 Å². The first-order valence-corrected chi connectivity index (χ1v) is 28.2. The van der Waals surface area contributed by atoms with Gasteiger partial charge in [0.15, 0.2) is 0 Å². The van der Waals surface area contributed by atoms with Gasteiger partial charge in [-0.3, -0.25) is 4.79 Å². The van der Waals surface area contributed by atoms with Crippen molar-refractivity contribution in [3.8, 4) is 0 Å². The van der Waals surface area contributed by atoms with Gasteiger partial charge < -0.3 is 15.5 Å². The highest BCUT2D eigenvalue weighted by atomic mass is 16.3. The normalized spacial score (nSPS) is 13.0. The van der Waals surface area contributed by atoms with Crippen LogP contribution in [0.15, 0.2) is 36.5 Å². The van der Waals surface area contributed by atoms with E-state index in [0.717, 1.165) is 38.5 Å². The molecule has 2 unspecified atom stereocenters. The Morgan fingerprint density at radius 2 is 0.629 bits per heavy atom. The predicted octanol–water partition coefficient (Wildman–Crippen LogP) is 18.5. The lowest BCUT2D eigenvalue weighted by Gasteiger charge is -2.19. The minimum absolute atomic E-state index is 0.0718. The number of hydrogen-bond donors (Lipinski definition) is 3. The fourth-order valence-electron chi connectivity index (χ4n) is 8.80. The highest BCUT2D eigenvalue weighted by molar-refractivity contribution is 5.76. The molecule has 0 aliphatic heterocycles. The summed E-state index contributed by atoms with van der Waals surface area (Å²) in [5.41, 5.74) is 0. The van der Waals surface area contributed by atoms with E-state index >= 15 is 0 Å². The topological polar surface area (TPSA) is 69.6 Å². The molecule has 0 spiro atoms. The van der Waals surface area contributed by atoms with E-state index in [4.69, 9.17) is 0 Å². The average Bonchev–Trinajstić information content (AvgIpc) is 3.28. The molecular weight excluding hydrogens is 759 g/mol. The molecule has 0 aromatic heterocycles. The first-order chi connectivity index (χ1) is 30.7. The second-order valence-corrected chi connectivity index (χ2v) is 19.3. The number of allylic oxidation sites excluding steroid dienone is 5. The Labute approximate surface area is 389 Å². The van der Waals surface area contributed by atoms with Crippen molar-refractivity contribution in [2.75, 3.05) is 6.61 Å². The molecule has 4 heteroatoms. The molecule has 0 heterocycles. The predicted molar refractivity (Wildman–Crippen MR) is 276 cm³/mol. The van der Waals surface area contributed by atoms with E-state index in [1.165, 1.54) is 250 Å². The molecule has 0 aliphatic carbocycles. The van der Waals surface area contributed by atoms with Gasteiger partial charge in [-0.2, -0.15) is 0 Å². The maximum atomic E-state index is 12.5. The third kappa shape index (κ3) is 49.6. The van der Waals surface area contributed by atoms with Crippen LogP contribution in [0.1, 0.15) is 309 Å². The van der Waals surface area contributed by atoms with Crippen LogP contribution in [-0.4, -0.2) is 34.9 Å². The van der Waals surface area contributed by atoms with Crippen molar-refractivity contribution in [2.24, 2.45) is 0 Å². The largest absolute Gasteiger partial charge is 0.394 e. The van der Waals surface area contributed by atoms with Crippen molar-refractivity contribution >= 4 is 5.91 Å². The van der Waals surface area contributed by atoms with Crippen LogP contribution in [0, 0.1) is 0 Å². The summed E-state index contributed by atoms with van der Waals surface area (Å²) in [4.78, 5) is 12.5. The van der Waals surface area contributed by atoms with Crippen LogP contribution in [-0.2, 0) is 4.79 Å². The fourth-order valence-corrected chi connectivity index (χ4v) is 8.80. The Hall–Kier alpha value is -1.39. The molecule has 0 saturated carbocycles. The van der Waals surface area contributed by atoms with Crippen molar-refractivity contribution in [1.29, 1.82) is 0 Å². The first-order valence-electron chi connectivity index (χ1n) is 28.2. The number of aliphatic hydroxyl groups is 2. The Bertz CT molecular complexity index is 943. The number of unbranched alkanes of at least 4 members (excludes halogenated alkanes) is 41. The van der Waals surface area contributed by atoms with Gasteiger partial charge in [0.2, 0.25) is 5.91 Å². The van der Waals surface area contributed by atoms with Crippen molar-refractivity contribution in [1.82, 2.24) is 5.32 Å². The monoisotopic (exact) mass is 870 g/mol. The third-order valence-electron chi connectivity index (χ3n) is 13.1. The van der Waals surface area contributed by atoms with Crippen molar-refractivity contribution in [3.05, 3.63) is 36.5 Å². The highest BCUT2D eigenvalue weighted by Crippen LogP contribution is 2.17. The van der Waals surface area contributed by atoms with Crippen LogP contribution >= 0.6 is 0 Å². The Morgan fingerprint density at radius 3 is 0.935 bits per heavy atom. The molecule has 0 aliphatic rings. The molecule has 366 valence electrons. The molecule has 2 atom stereocenters. The zero-order valence-electron chi connectivity index (χ0n) is 42.2. The summed E-state index contributed by atoms with van der Waals surface area (Å²) in [5, 5.41) is 23.1. The minimum Gasteiger partial charge on any atom is -0.394 e. The molecule has 0 aromatic rings. The SMILES string of the molecule is CCCCCCCCCCCCCCCC/C=C/CC/C=C/CC/C=C/C(O)C(CO)NC(=O)CCCCCCCCCCCCCCCCCCCCCCCCCCCC. The van der Waals surface area contributed by atoms with Crippen LogP contribution in [0.2, 0.25) is 0 Å². The maximum Gasteiger partial charge on any atom is 0.220 e. The summed E-state index contributed by atoms with van der Waals surface area (Å²) in [6.45, 7) is 4.33. The summed E-state index contributed by atoms with van der Waals surface area (Å²) in [6.07, 6.45) is 73.1. The summed E-state index contributed by atoms with van der Waals surface area (Å²) >= 11 is 0. The first kappa shape index (κ1) is 60.6. The molecule has 1 amide bonds. The van der Waals surface area contributed by atoms with Gasteiger partial charge in [-0.25, -0.2) is 0 Å². The lowest BCUT2D eigenvalue weighted by Crippen LogP contribution is -2.45. The molecule has 0 fully saturated rings. The molecule has 0 aromatic carbocycles. The van der Waals surface area contributed by atoms with Crippen LogP contribution in [0.4, 0.5) is 0 Å². The van der Waals surface area contributed by atoms with E-state index in [1.807, 2.05) is 6.08 Å². The maximum absolute atomic E-state index is 12.5. The number of carbonyl (C=O) groups excluding carboxylic acids is 1. The molecule has 0 bridgehead atoms. The van der Waals surface area contributed by atoms with Gasteiger partial charge in [0.1, 0.15) is 0 Å². The molecule has 62 heavy (non-hydrogen) atoms. The van der Waals surface area contributed by atoms with Gasteiger partial charge in [-0.1, -0.05) is 294 Å². The van der Waals surface area contributed by atoms with Gasteiger partial charge in [0.25, 0.3) is 0 Å². The molecule has 4 nitrogen and oxygen atoms in total. The van der Waals surface area contributed by atoms with Gasteiger partial charge >= 0.3 is 0 Å². The molecular formula is C58H111NO3. The highest BCUT2D eigenvalue weighted by Gasteiger charge is 2.18.